The van der Waals surface area contributed by atoms with Gasteiger partial charge in [-0.3, -0.25) is 4.79 Å². The Labute approximate surface area is 96.0 Å². The van der Waals surface area contributed by atoms with Crippen molar-refractivity contribution in [1.82, 2.24) is 5.32 Å². The summed E-state index contributed by atoms with van der Waals surface area (Å²) in [7, 11) is 0. The van der Waals surface area contributed by atoms with E-state index in [0.717, 1.165) is 24.2 Å². The Hall–Kier alpha value is -1.72. The Morgan fingerprint density at radius 1 is 1.41 bits per heavy atom. The topological polar surface area (TPSA) is 41.1 Å². The van der Waals surface area contributed by atoms with Crippen LogP contribution in [0.2, 0.25) is 0 Å². The summed E-state index contributed by atoms with van der Waals surface area (Å²) in [6.45, 7) is 0.723. The zero-order valence-corrected chi connectivity index (χ0v) is 8.90. The fraction of sp³-hybridized carbons (Fsp3) is 0.364. The zero-order valence-electron chi connectivity index (χ0n) is 8.90. The van der Waals surface area contributed by atoms with Crippen molar-refractivity contribution in [2.75, 3.05) is 11.9 Å². The molecule has 1 aliphatic heterocycles. The van der Waals surface area contributed by atoms with Crippen molar-refractivity contribution in [3.8, 4) is 0 Å². The molecule has 17 heavy (non-hydrogen) atoms. The molecule has 0 saturated heterocycles. The number of hydrogen-bond acceptors (Lipinski definition) is 2. The number of carbonyl (C=O) groups excluding carboxylic acids is 1. The predicted molar refractivity (Wildman–Crippen MR) is 56.5 cm³/mol. The normalized spacial score (nSPS) is 14.1. The van der Waals surface area contributed by atoms with Crippen molar-refractivity contribution >= 4 is 11.6 Å². The standard InChI is InChI=1S/C11H11F3N2O/c12-11(13,14)10(17)16-6-7-1-2-8-3-4-15-9(8)5-7/h1-2,5,15H,3-4,6H2,(H,16,17). The summed E-state index contributed by atoms with van der Waals surface area (Å²) in [6.07, 6.45) is -3.90. The molecule has 6 heteroatoms. The largest absolute Gasteiger partial charge is 0.471 e. The zero-order chi connectivity index (χ0) is 12.5. The van der Waals surface area contributed by atoms with Crippen LogP contribution in [0.5, 0.6) is 0 Å². The van der Waals surface area contributed by atoms with Gasteiger partial charge < -0.3 is 10.6 Å². The summed E-state index contributed by atoms with van der Waals surface area (Å²) in [4.78, 5) is 10.6. The van der Waals surface area contributed by atoms with E-state index in [9.17, 15) is 18.0 Å². The lowest BCUT2D eigenvalue weighted by molar-refractivity contribution is -0.173. The molecule has 0 aromatic heterocycles. The molecule has 0 atom stereocenters. The van der Waals surface area contributed by atoms with E-state index in [-0.39, 0.29) is 6.54 Å². The molecule has 0 unspecified atom stereocenters. The summed E-state index contributed by atoms with van der Waals surface area (Å²) >= 11 is 0. The predicted octanol–water partition coefficient (Wildman–Crippen LogP) is 1.83. The Balaban J connectivity index is 1.98. The van der Waals surface area contributed by atoms with Crippen molar-refractivity contribution < 1.29 is 18.0 Å². The highest BCUT2D eigenvalue weighted by Crippen LogP contribution is 2.23. The molecule has 1 aromatic rings. The van der Waals surface area contributed by atoms with Gasteiger partial charge in [-0.2, -0.15) is 13.2 Å². The molecular formula is C11H11F3N2O. The minimum Gasteiger partial charge on any atom is -0.384 e. The van der Waals surface area contributed by atoms with Gasteiger partial charge in [0.2, 0.25) is 0 Å². The van der Waals surface area contributed by atoms with Crippen LogP contribution in [0.25, 0.3) is 0 Å². The molecule has 0 spiro atoms. The third-order valence-corrected chi connectivity index (χ3v) is 2.59. The molecule has 0 saturated carbocycles. The van der Waals surface area contributed by atoms with Gasteiger partial charge in [0, 0.05) is 18.8 Å². The van der Waals surface area contributed by atoms with Crippen molar-refractivity contribution in [3.63, 3.8) is 0 Å². The van der Waals surface area contributed by atoms with Crippen LogP contribution in [0.15, 0.2) is 18.2 Å². The smallest absolute Gasteiger partial charge is 0.384 e. The molecule has 3 nitrogen and oxygen atoms in total. The van der Waals surface area contributed by atoms with E-state index in [1.165, 1.54) is 0 Å². The van der Waals surface area contributed by atoms with E-state index in [1.807, 2.05) is 11.4 Å². The number of nitrogens with one attached hydrogen (secondary N) is 2. The fourth-order valence-electron chi connectivity index (χ4n) is 1.73. The van der Waals surface area contributed by atoms with Gasteiger partial charge in [0.25, 0.3) is 0 Å². The summed E-state index contributed by atoms with van der Waals surface area (Å²) in [5.74, 6) is -1.91. The summed E-state index contributed by atoms with van der Waals surface area (Å²) in [5, 5.41) is 4.96. The van der Waals surface area contributed by atoms with Gasteiger partial charge >= 0.3 is 12.1 Å². The third-order valence-electron chi connectivity index (χ3n) is 2.59. The van der Waals surface area contributed by atoms with E-state index < -0.39 is 12.1 Å². The molecule has 2 rings (SSSR count). The van der Waals surface area contributed by atoms with Crippen LogP contribution in [-0.4, -0.2) is 18.6 Å². The Kier molecular flexibility index (Phi) is 2.95. The minimum absolute atomic E-state index is 0.118. The molecule has 1 heterocycles. The maximum absolute atomic E-state index is 11.9. The van der Waals surface area contributed by atoms with Crippen LogP contribution < -0.4 is 10.6 Å². The van der Waals surface area contributed by atoms with E-state index in [4.69, 9.17) is 0 Å². The minimum atomic E-state index is -4.82. The van der Waals surface area contributed by atoms with Crippen molar-refractivity contribution in [1.29, 1.82) is 0 Å². The monoisotopic (exact) mass is 244 g/mol. The highest BCUT2D eigenvalue weighted by Gasteiger charge is 2.38. The fourth-order valence-corrected chi connectivity index (χ4v) is 1.73. The quantitative estimate of drug-likeness (QED) is 0.833. The van der Waals surface area contributed by atoms with Gasteiger partial charge in [-0.25, -0.2) is 0 Å². The lowest BCUT2D eigenvalue weighted by Crippen LogP contribution is -2.36. The molecule has 0 bridgehead atoms. The van der Waals surface area contributed by atoms with Gasteiger partial charge in [-0.1, -0.05) is 12.1 Å². The lowest BCUT2D eigenvalue weighted by atomic mass is 10.1. The third kappa shape index (κ3) is 2.69. The number of amides is 1. The molecule has 2 N–H and O–H groups in total. The van der Waals surface area contributed by atoms with E-state index in [0.29, 0.717) is 5.56 Å². The highest BCUT2D eigenvalue weighted by atomic mass is 19.4. The first kappa shape index (κ1) is 11.8. The number of rotatable bonds is 2. The Morgan fingerprint density at radius 2 is 2.18 bits per heavy atom. The average Bonchev–Trinajstić information content (AvgIpc) is 2.71. The van der Waals surface area contributed by atoms with E-state index in [1.54, 1.807) is 12.1 Å². The number of benzene rings is 1. The molecule has 0 aliphatic carbocycles. The first-order chi connectivity index (χ1) is 7.97. The van der Waals surface area contributed by atoms with Gasteiger partial charge in [0.1, 0.15) is 0 Å². The van der Waals surface area contributed by atoms with E-state index in [2.05, 4.69) is 5.32 Å². The first-order valence-corrected chi connectivity index (χ1v) is 5.17. The first-order valence-electron chi connectivity index (χ1n) is 5.17. The highest BCUT2D eigenvalue weighted by molar-refractivity contribution is 5.81. The maximum atomic E-state index is 11.9. The summed E-state index contributed by atoms with van der Waals surface area (Å²) in [6, 6.07) is 5.35. The van der Waals surface area contributed by atoms with Gasteiger partial charge in [-0.05, 0) is 23.6 Å². The second-order valence-electron chi connectivity index (χ2n) is 3.85. The second-order valence-corrected chi connectivity index (χ2v) is 3.85. The second kappa shape index (κ2) is 4.27. The van der Waals surface area contributed by atoms with Crippen LogP contribution in [0.3, 0.4) is 0 Å². The average molecular weight is 244 g/mol. The maximum Gasteiger partial charge on any atom is 0.471 e. The summed E-state index contributed by atoms with van der Waals surface area (Å²) < 4.78 is 35.8. The van der Waals surface area contributed by atoms with Crippen LogP contribution in [-0.2, 0) is 17.8 Å². The Bertz CT molecular complexity index is 443. The molecule has 1 aromatic carbocycles. The van der Waals surface area contributed by atoms with Crippen molar-refractivity contribution in [2.45, 2.75) is 19.1 Å². The van der Waals surface area contributed by atoms with Gasteiger partial charge in [-0.15, -0.1) is 0 Å². The molecule has 0 fully saturated rings. The van der Waals surface area contributed by atoms with Crippen LogP contribution in [0, 0.1) is 0 Å². The number of halogens is 3. The summed E-state index contributed by atoms with van der Waals surface area (Å²) in [5.41, 5.74) is 2.73. The number of hydrogen-bond donors (Lipinski definition) is 2. The van der Waals surface area contributed by atoms with Gasteiger partial charge in [0.15, 0.2) is 0 Å². The molecule has 0 radical (unpaired) electrons. The number of anilines is 1. The van der Waals surface area contributed by atoms with Crippen molar-refractivity contribution in [3.05, 3.63) is 29.3 Å². The number of carbonyl (C=O) groups is 1. The molecule has 1 amide bonds. The molecule has 92 valence electrons. The number of alkyl halides is 3. The SMILES string of the molecule is O=C(NCc1ccc2c(c1)NCC2)C(F)(F)F. The molecule has 1 aliphatic rings. The number of fused-ring (bicyclic) bond motifs is 1. The van der Waals surface area contributed by atoms with Crippen molar-refractivity contribution in [2.24, 2.45) is 0 Å². The van der Waals surface area contributed by atoms with Crippen LogP contribution in [0.4, 0.5) is 18.9 Å². The van der Waals surface area contributed by atoms with Crippen LogP contribution >= 0.6 is 0 Å². The van der Waals surface area contributed by atoms with E-state index >= 15 is 0 Å². The molecular weight excluding hydrogens is 233 g/mol. The lowest BCUT2D eigenvalue weighted by Gasteiger charge is -2.09. The Morgan fingerprint density at radius 3 is 2.88 bits per heavy atom. The van der Waals surface area contributed by atoms with Gasteiger partial charge in [0.05, 0.1) is 0 Å². The van der Waals surface area contributed by atoms with Crippen LogP contribution in [0.1, 0.15) is 11.1 Å².